The van der Waals surface area contributed by atoms with Crippen LogP contribution in [-0.4, -0.2) is 30.3 Å². The minimum atomic E-state index is 0.432. The van der Waals surface area contributed by atoms with E-state index in [0.717, 1.165) is 41.7 Å². The minimum Gasteiger partial charge on any atom is -0.309 e. The fourth-order valence-electron chi connectivity index (χ4n) is 2.33. The molecule has 1 atom stereocenters. The van der Waals surface area contributed by atoms with Crippen molar-refractivity contribution in [2.24, 2.45) is 0 Å². The second-order valence-electron chi connectivity index (χ2n) is 4.53. The van der Waals surface area contributed by atoms with Crippen LogP contribution in [0.15, 0.2) is 6.20 Å². The molecule has 2 aromatic rings. The molecule has 0 spiro atoms. The summed E-state index contributed by atoms with van der Waals surface area (Å²) in [6, 6.07) is 0. The molecule has 1 aliphatic heterocycles. The Morgan fingerprint density at radius 3 is 3.00 bits per heavy atom. The lowest BCUT2D eigenvalue weighted by Gasteiger charge is -2.19. The Kier molecular flexibility index (Phi) is 2.89. The Labute approximate surface area is 111 Å². The van der Waals surface area contributed by atoms with Gasteiger partial charge in [0, 0.05) is 25.0 Å². The summed E-state index contributed by atoms with van der Waals surface area (Å²) in [6.45, 7) is 8.19. The zero-order valence-corrected chi connectivity index (χ0v) is 11.7. The van der Waals surface area contributed by atoms with Gasteiger partial charge >= 0.3 is 0 Å². The number of hydrogen-bond donors (Lipinski definition) is 0. The summed E-state index contributed by atoms with van der Waals surface area (Å²) in [7, 11) is 0. The standard InChI is InChI=1S/C12H17N5S/c1-4-16-7-10(8(2)15-16)12-14-13-11-9(3)18-6-5-17(11)12/h7,9H,4-6H2,1-3H3. The molecule has 0 bridgehead atoms. The first kappa shape index (κ1) is 11.8. The van der Waals surface area contributed by atoms with Gasteiger partial charge in [-0.2, -0.15) is 5.10 Å². The van der Waals surface area contributed by atoms with Crippen LogP contribution in [0.2, 0.25) is 0 Å². The number of aromatic nitrogens is 5. The summed E-state index contributed by atoms with van der Waals surface area (Å²) in [4.78, 5) is 0. The van der Waals surface area contributed by atoms with Crippen molar-refractivity contribution in [1.29, 1.82) is 0 Å². The normalized spacial score (nSPS) is 18.9. The van der Waals surface area contributed by atoms with E-state index in [-0.39, 0.29) is 0 Å². The van der Waals surface area contributed by atoms with Crippen LogP contribution in [0.1, 0.15) is 30.6 Å². The fraction of sp³-hybridized carbons (Fsp3) is 0.583. The molecule has 0 radical (unpaired) electrons. The molecule has 0 aliphatic carbocycles. The highest BCUT2D eigenvalue weighted by Crippen LogP contribution is 2.34. The van der Waals surface area contributed by atoms with E-state index in [1.54, 1.807) is 0 Å². The van der Waals surface area contributed by atoms with Crippen LogP contribution in [0, 0.1) is 6.92 Å². The maximum absolute atomic E-state index is 4.48. The monoisotopic (exact) mass is 263 g/mol. The van der Waals surface area contributed by atoms with Gasteiger partial charge in [0.1, 0.15) is 5.82 Å². The van der Waals surface area contributed by atoms with Gasteiger partial charge in [-0.15, -0.1) is 22.0 Å². The van der Waals surface area contributed by atoms with Crippen molar-refractivity contribution >= 4 is 11.8 Å². The third-order valence-electron chi connectivity index (χ3n) is 3.34. The highest BCUT2D eigenvalue weighted by atomic mass is 32.2. The molecule has 5 nitrogen and oxygen atoms in total. The molecular weight excluding hydrogens is 246 g/mol. The molecule has 1 aliphatic rings. The van der Waals surface area contributed by atoms with E-state index < -0.39 is 0 Å². The second kappa shape index (κ2) is 4.42. The topological polar surface area (TPSA) is 48.5 Å². The predicted octanol–water partition coefficient (Wildman–Crippen LogP) is 2.28. The number of rotatable bonds is 2. The summed E-state index contributed by atoms with van der Waals surface area (Å²) >= 11 is 1.94. The lowest BCUT2D eigenvalue weighted by atomic mass is 10.2. The number of aryl methyl sites for hydroxylation is 2. The van der Waals surface area contributed by atoms with E-state index in [2.05, 4.69) is 39.9 Å². The summed E-state index contributed by atoms with van der Waals surface area (Å²) in [5.74, 6) is 3.18. The zero-order chi connectivity index (χ0) is 12.7. The Bertz CT molecular complexity index is 571. The Hall–Kier alpha value is -1.30. The lowest BCUT2D eigenvalue weighted by Crippen LogP contribution is -2.14. The van der Waals surface area contributed by atoms with Crippen molar-refractivity contribution in [3.8, 4) is 11.4 Å². The number of hydrogen-bond acceptors (Lipinski definition) is 4. The van der Waals surface area contributed by atoms with Crippen molar-refractivity contribution in [2.45, 2.75) is 39.1 Å². The molecule has 0 saturated heterocycles. The molecule has 3 heterocycles. The molecule has 2 aromatic heterocycles. The van der Waals surface area contributed by atoms with Gasteiger partial charge in [0.25, 0.3) is 0 Å². The highest BCUT2D eigenvalue weighted by Gasteiger charge is 2.24. The average Bonchev–Trinajstić information content (AvgIpc) is 2.93. The first-order chi connectivity index (χ1) is 8.70. The first-order valence-corrected chi connectivity index (χ1v) is 7.34. The quantitative estimate of drug-likeness (QED) is 0.834. The molecule has 6 heteroatoms. The third-order valence-corrected chi connectivity index (χ3v) is 4.47. The summed E-state index contributed by atoms with van der Waals surface area (Å²) in [5, 5.41) is 13.6. The van der Waals surface area contributed by atoms with Crippen molar-refractivity contribution in [3.63, 3.8) is 0 Å². The molecule has 18 heavy (non-hydrogen) atoms. The van der Waals surface area contributed by atoms with Crippen LogP contribution >= 0.6 is 11.8 Å². The van der Waals surface area contributed by atoms with E-state index in [4.69, 9.17) is 0 Å². The van der Waals surface area contributed by atoms with E-state index in [0.29, 0.717) is 5.25 Å². The van der Waals surface area contributed by atoms with Gasteiger partial charge in [-0.25, -0.2) is 0 Å². The fourth-order valence-corrected chi connectivity index (χ4v) is 3.30. The van der Waals surface area contributed by atoms with Gasteiger partial charge in [-0.3, -0.25) is 4.68 Å². The van der Waals surface area contributed by atoms with Gasteiger partial charge in [-0.1, -0.05) is 0 Å². The largest absolute Gasteiger partial charge is 0.309 e. The summed E-state index contributed by atoms with van der Waals surface area (Å²) in [6.07, 6.45) is 2.07. The van der Waals surface area contributed by atoms with E-state index >= 15 is 0 Å². The molecule has 3 rings (SSSR count). The molecule has 0 aromatic carbocycles. The van der Waals surface area contributed by atoms with Crippen LogP contribution in [0.4, 0.5) is 0 Å². The zero-order valence-electron chi connectivity index (χ0n) is 10.9. The van der Waals surface area contributed by atoms with Crippen molar-refractivity contribution < 1.29 is 0 Å². The van der Waals surface area contributed by atoms with Crippen molar-refractivity contribution in [2.75, 3.05) is 5.75 Å². The first-order valence-electron chi connectivity index (χ1n) is 6.29. The van der Waals surface area contributed by atoms with Gasteiger partial charge in [0.05, 0.1) is 16.5 Å². The Morgan fingerprint density at radius 1 is 1.44 bits per heavy atom. The molecule has 0 N–H and O–H groups in total. The Balaban J connectivity index is 2.09. The number of thioether (sulfide) groups is 1. The third kappa shape index (κ3) is 1.75. The lowest BCUT2D eigenvalue weighted by molar-refractivity contribution is 0.653. The maximum Gasteiger partial charge on any atom is 0.167 e. The molecule has 96 valence electrons. The average molecular weight is 263 g/mol. The summed E-state index contributed by atoms with van der Waals surface area (Å²) < 4.78 is 4.19. The van der Waals surface area contributed by atoms with Crippen LogP contribution in [-0.2, 0) is 13.1 Å². The second-order valence-corrected chi connectivity index (χ2v) is 5.98. The maximum atomic E-state index is 4.48. The van der Waals surface area contributed by atoms with E-state index in [1.807, 2.05) is 23.4 Å². The Morgan fingerprint density at radius 2 is 2.28 bits per heavy atom. The van der Waals surface area contributed by atoms with Gasteiger partial charge in [-0.05, 0) is 20.8 Å². The van der Waals surface area contributed by atoms with Crippen LogP contribution in [0.25, 0.3) is 11.4 Å². The number of fused-ring (bicyclic) bond motifs is 1. The number of nitrogens with zero attached hydrogens (tertiary/aromatic N) is 5. The van der Waals surface area contributed by atoms with E-state index in [1.165, 1.54) is 0 Å². The van der Waals surface area contributed by atoms with Crippen LogP contribution in [0.5, 0.6) is 0 Å². The van der Waals surface area contributed by atoms with Gasteiger partial charge in [0.15, 0.2) is 5.82 Å². The van der Waals surface area contributed by atoms with Crippen molar-refractivity contribution in [3.05, 3.63) is 17.7 Å². The minimum absolute atomic E-state index is 0.432. The summed E-state index contributed by atoms with van der Waals surface area (Å²) in [5.41, 5.74) is 2.13. The molecule has 1 unspecified atom stereocenters. The smallest absolute Gasteiger partial charge is 0.167 e. The van der Waals surface area contributed by atoms with Gasteiger partial charge in [0.2, 0.25) is 0 Å². The highest BCUT2D eigenvalue weighted by molar-refractivity contribution is 7.99. The molecule has 0 fully saturated rings. The molecular formula is C12H17N5S. The van der Waals surface area contributed by atoms with Crippen LogP contribution in [0.3, 0.4) is 0 Å². The predicted molar refractivity (Wildman–Crippen MR) is 72.5 cm³/mol. The van der Waals surface area contributed by atoms with E-state index in [9.17, 15) is 0 Å². The molecule has 0 saturated carbocycles. The van der Waals surface area contributed by atoms with Crippen molar-refractivity contribution in [1.82, 2.24) is 24.5 Å². The van der Waals surface area contributed by atoms with Gasteiger partial charge < -0.3 is 4.57 Å². The SMILES string of the molecule is CCn1cc(-c2nnc3n2CCSC3C)c(C)n1. The molecule has 0 amide bonds. The van der Waals surface area contributed by atoms with Crippen LogP contribution < -0.4 is 0 Å².